The molecular formula is C12H13ClN2. The first kappa shape index (κ1) is 9.22. The fourth-order valence-corrected chi connectivity index (χ4v) is 2.46. The smallest absolute Gasteiger partial charge is 0.106 e. The van der Waals surface area contributed by atoms with Crippen LogP contribution in [-0.2, 0) is 0 Å². The summed E-state index contributed by atoms with van der Waals surface area (Å²) in [5.74, 6) is 1.11. The summed E-state index contributed by atoms with van der Waals surface area (Å²) < 4.78 is 2.34. The van der Waals surface area contributed by atoms with Crippen molar-refractivity contribution in [2.24, 2.45) is 0 Å². The van der Waals surface area contributed by atoms with Gasteiger partial charge in [0, 0.05) is 11.1 Å². The van der Waals surface area contributed by atoms with E-state index in [1.165, 1.54) is 24.8 Å². The molecule has 0 amide bonds. The van der Waals surface area contributed by atoms with Gasteiger partial charge in [0.15, 0.2) is 0 Å². The van der Waals surface area contributed by atoms with Gasteiger partial charge in [-0.3, -0.25) is 0 Å². The van der Waals surface area contributed by atoms with E-state index < -0.39 is 0 Å². The molecule has 15 heavy (non-hydrogen) atoms. The van der Waals surface area contributed by atoms with Crippen LogP contribution < -0.4 is 0 Å². The highest BCUT2D eigenvalue weighted by atomic mass is 35.5. The standard InChI is InChI=1S/C12H13ClN2/c1-8-14-11-6-5-9(13)7-12(11)15(8)10-3-2-4-10/h5-7,10H,2-4H2,1H3. The number of hydrogen-bond acceptors (Lipinski definition) is 1. The summed E-state index contributed by atoms with van der Waals surface area (Å²) >= 11 is 6.02. The highest BCUT2D eigenvalue weighted by Gasteiger charge is 2.22. The molecule has 0 aliphatic heterocycles. The van der Waals surface area contributed by atoms with E-state index in [1.807, 2.05) is 18.2 Å². The summed E-state index contributed by atoms with van der Waals surface area (Å²) in [5, 5.41) is 0.794. The zero-order chi connectivity index (χ0) is 10.4. The van der Waals surface area contributed by atoms with Crippen LogP contribution in [0.1, 0.15) is 31.1 Å². The molecule has 0 saturated heterocycles. The Hall–Kier alpha value is -1.02. The maximum Gasteiger partial charge on any atom is 0.106 e. The van der Waals surface area contributed by atoms with Crippen LogP contribution in [0.2, 0.25) is 5.02 Å². The molecule has 0 unspecified atom stereocenters. The molecule has 3 heteroatoms. The van der Waals surface area contributed by atoms with Gasteiger partial charge in [-0.15, -0.1) is 0 Å². The van der Waals surface area contributed by atoms with Crippen LogP contribution in [0.25, 0.3) is 11.0 Å². The van der Waals surface area contributed by atoms with Gasteiger partial charge in [0.2, 0.25) is 0 Å². The summed E-state index contributed by atoms with van der Waals surface area (Å²) in [7, 11) is 0. The molecule has 3 rings (SSSR count). The molecule has 0 spiro atoms. The lowest BCUT2D eigenvalue weighted by Crippen LogP contribution is -2.17. The number of rotatable bonds is 1. The number of benzene rings is 1. The number of aryl methyl sites for hydroxylation is 1. The van der Waals surface area contributed by atoms with Crippen molar-refractivity contribution >= 4 is 22.6 Å². The Labute approximate surface area is 93.9 Å². The minimum atomic E-state index is 0.647. The number of aromatic nitrogens is 2. The molecule has 0 atom stereocenters. The van der Waals surface area contributed by atoms with Gasteiger partial charge < -0.3 is 4.57 Å². The van der Waals surface area contributed by atoms with Crippen LogP contribution in [0.3, 0.4) is 0 Å². The lowest BCUT2D eigenvalue weighted by molar-refractivity contribution is 0.316. The van der Waals surface area contributed by atoms with E-state index in [-0.39, 0.29) is 0 Å². The average molecular weight is 221 g/mol. The summed E-state index contributed by atoms with van der Waals surface area (Å²) in [6.45, 7) is 2.08. The van der Waals surface area contributed by atoms with Gasteiger partial charge in [-0.25, -0.2) is 4.98 Å². The van der Waals surface area contributed by atoms with Crippen LogP contribution in [0.4, 0.5) is 0 Å². The topological polar surface area (TPSA) is 17.8 Å². The normalized spacial score (nSPS) is 16.9. The predicted octanol–water partition coefficient (Wildman–Crippen LogP) is 3.72. The van der Waals surface area contributed by atoms with E-state index in [0.29, 0.717) is 6.04 Å². The molecule has 1 heterocycles. The summed E-state index contributed by atoms with van der Waals surface area (Å²) in [6, 6.07) is 6.57. The van der Waals surface area contributed by atoms with Crippen LogP contribution in [-0.4, -0.2) is 9.55 Å². The van der Waals surface area contributed by atoms with Crippen LogP contribution in [0.15, 0.2) is 18.2 Å². The molecule has 0 bridgehead atoms. The van der Waals surface area contributed by atoms with Gasteiger partial charge in [-0.2, -0.15) is 0 Å². The van der Waals surface area contributed by atoms with Gasteiger partial charge in [-0.1, -0.05) is 11.6 Å². The second-order valence-corrected chi connectivity index (χ2v) is 4.68. The summed E-state index contributed by atoms with van der Waals surface area (Å²) in [4.78, 5) is 4.56. The van der Waals surface area contributed by atoms with E-state index in [0.717, 1.165) is 16.4 Å². The third-order valence-corrected chi connectivity index (χ3v) is 3.50. The van der Waals surface area contributed by atoms with E-state index in [9.17, 15) is 0 Å². The number of halogens is 1. The average Bonchev–Trinajstić information content (AvgIpc) is 2.42. The first-order valence-corrected chi connectivity index (χ1v) is 5.77. The Bertz CT molecular complexity index is 512. The fourth-order valence-electron chi connectivity index (χ4n) is 2.29. The molecule has 1 aromatic heterocycles. The molecule has 2 nitrogen and oxygen atoms in total. The third-order valence-electron chi connectivity index (χ3n) is 3.27. The van der Waals surface area contributed by atoms with Gasteiger partial charge in [-0.05, 0) is 44.4 Å². The first-order chi connectivity index (χ1) is 7.25. The molecule has 1 aliphatic carbocycles. The molecule has 2 aromatic rings. The second-order valence-electron chi connectivity index (χ2n) is 4.25. The largest absolute Gasteiger partial charge is 0.325 e. The minimum absolute atomic E-state index is 0.647. The van der Waals surface area contributed by atoms with Crippen molar-refractivity contribution in [3.05, 3.63) is 29.0 Å². The number of hydrogen-bond donors (Lipinski definition) is 0. The van der Waals surface area contributed by atoms with Crippen molar-refractivity contribution in [2.75, 3.05) is 0 Å². The number of nitrogens with zero attached hydrogens (tertiary/aromatic N) is 2. The maximum absolute atomic E-state index is 6.02. The van der Waals surface area contributed by atoms with Crippen molar-refractivity contribution in [1.29, 1.82) is 0 Å². The first-order valence-electron chi connectivity index (χ1n) is 5.40. The van der Waals surface area contributed by atoms with E-state index in [2.05, 4.69) is 16.5 Å². The third kappa shape index (κ3) is 1.36. The Morgan fingerprint density at radius 3 is 2.87 bits per heavy atom. The molecule has 1 fully saturated rings. The molecule has 0 radical (unpaired) electrons. The van der Waals surface area contributed by atoms with Gasteiger partial charge >= 0.3 is 0 Å². The Balaban J connectivity index is 2.25. The van der Waals surface area contributed by atoms with Gasteiger partial charge in [0.25, 0.3) is 0 Å². The molecule has 0 N–H and O–H groups in total. The molecular weight excluding hydrogens is 208 g/mol. The number of fused-ring (bicyclic) bond motifs is 1. The molecule has 1 saturated carbocycles. The van der Waals surface area contributed by atoms with E-state index in [1.54, 1.807) is 0 Å². The van der Waals surface area contributed by atoms with Gasteiger partial charge in [0.1, 0.15) is 5.82 Å². The number of imidazole rings is 1. The van der Waals surface area contributed by atoms with E-state index in [4.69, 9.17) is 11.6 Å². The Kier molecular flexibility index (Phi) is 1.99. The summed E-state index contributed by atoms with van der Waals surface area (Å²) in [5.41, 5.74) is 2.24. The molecule has 1 aromatic carbocycles. The summed E-state index contributed by atoms with van der Waals surface area (Å²) in [6.07, 6.45) is 3.89. The maximum atomic E-state index is 6.02. The van der Waals surface area contributed by atoms with Crippen molar-refractivity contribution in [3.8, 4) is 0 Å². The van der Waals surface area contributed by atoms with Crippen molar-refractivity contribution in [3.63, 3.8) is 0 Å². The lowest BCUT2D eigenvalue weighted by atomic mass is 9.92. The SMILES string of the molecule is Cc1nc2ccc(Cl)cc2n1C1CCC1. The van der Waals surface area contributed by atoms with Crippen molar-refractivity contribution in [2.45, 2.75) is 32.2 Å². The second kappa shape index (κ2) is 3.24. The predicted molar refractivity (Wildman–Crippen MR) is 62.4 cm³/mol. The lowest BCUT2D eigenvalue weighted by Gasteiger charge is -2.28. The Morgan fingerprint density at radius 1 is 1.40 bits per heavy atom. The highest BCUT2D eigenvalue weighted by Crippen LogP contribution is 2.35. The monoisotopic (exact) mass is 220 g/mol. The quantitative estimate of drug-likeness (QED) is 0.716. The van der Waals surface area contributed by atoms with Crippen LogP contribution in [0.5, 0.6) is 0 Å². The minimum Gasteiger partial charge on any atom is -0.325 e. The van der Waals surface area contributed by atoms with Crippen molar-refractivity contribution in [1.82, 2.24) is 9.55 Å². The Morgan fingerprint density at radius 2 is 2.20 bits per heavy atom. The molecule has 78 valence electrons. The fraction of sp³-hybridized carbons (Fsp3) is 0.417. The zero-order valence-electron chi connectivity index (χ0n) is 8.70. The van der Waals surface area contributed by atoms with Crippen molar-refractivity contribution < 1.29 is 0 Å². The molecule has 1 aliphatic rings. The van der Waals surface area contributed by atoms with Crippen LogP contribution in [0, 0.1) is 6.92 Å². The van der Waals surface area contributed by atoms with Crippen LogP contribution >= 0.6 is 11.6 Å². The highest BCUT2D eigenvalue weighted by molar-refractivity contribution is 6.31. The zero-order valence-corrected chi connectivity index (χ0v) is 9.46. The van der Waals surface area contributed by atoms with Gasteiger partial charge in [0.05, 0.1) is 11.0 Å². The van der Waals surface area contributed by atoms with E-state index >= 15 is 0 Å².